The number of aromatic nitrogens is 4. The number of ether oxygens (including phenoxy) is 1. The number of rotatable bonds is 8. The van der Waals surface area contributed by atoms with Gasteiger partial charge in [0.1, 0.15) is 5.60 Å². The van der Waals surface area contributed by atoms with Gasteiger partial charge in [0.05, 0.1) is 11.3 Å². The minimum atomic E-state index is -3.81. The predicted octanol–water partition coefficient (Wildman–Crippen LogP) is 4.45. The predicted molar refractivity (Wildman–Crippen MR) is 143 cm³/mol. The first-order valence-corrected chi connectivity index (χ1v) is 14.4. The summed E-state index contributed by atoms with van der Waals surface area (Å²) in [6, 6.07) is 4.70. The summed E-state index contributed by atoms with van der Waals surface area (Å²) in [6.45, 7) is 14.4. The van der Waals surface area contributed by atoms with Gasteiger partial charge in [-0.1, -0.05) is 19.0 Å². The average Bonchev–Trinajstić information content (AvgIpc) is 3.41. The fourth-order valence-corrected chi connectivity index (χ4v) is 5.80. The van der Waals surface area contributed by atoms with E-state index in [1.54, 1.807) is 39.8 Å². The normalized spacial score (nSPS) is 15.3. The number of sulfonamides is 1. The van der Waals surface area contributed by atoms with E-state index >= 15 is 0 Å². The number of aryl methyl sites for hydroxylation is 2. The summed E-state index contributed by atoms with van der Waals surface area (Å²) in [5.41, 5.74) is 4.06. The molecule has 10 nitrogen and oxygen atoms in total. The first-order chi connectivity index (χ1) is 17.7. The zero-order valence-electron chi connectivity index (χ0n) is 23.2. The second-order valence-electron chi connectivity index (χ2n) is 11.6. The highest BCUT2D eigenvalue weighted by atomic mass is 32.2. The largest absolute Gasteiger partial charge is 0.460 e. The van der Waals surface area contributed by atoms with Crippen LogP contribution in [0.25, 0.3) is 23.0 Å². The van der Waals surface area contributed by atoms with Crippen LogP contribution < -0.4 is 4.72 Å². The van der Waals surface area contributed by atoms with Crippen molar-refractivity contribution in [3.05, 3.63) is 35.0 Å². The highest BCUT2D eigenvalue weighted by Gasteiger charge is 2.32. The molecule has 1 aliphatic rings. The molecule has 0 amide bonds. The first kappa shape index (κ1) is 28.0. The van der Waals surface area contributed by atoms with Gasteiger partial charge < -0.3 is 9.26 Å². The fraction of sp³-hybridized carbons (Fsp3) is 0.556. The number of nitrogens with zero attached hydrogens (tertiary/aromatic N) is 4. The molecule has 1 N–H and O–H groups in total. The SMILES string of the molecule is CCn1nc(-c2nc(-c3ccc(S(=O)(=O)NCCC(=O)OC(C)(C)C)cc3C)no2)c2c1CC(C)(C)CC2. The number of fused-ring (bicyclic) bond motifs is 1. The third-order valence-corrected chi connectivity index (χ3v) is 8.04. The van der Waals surface area contributed by atoms with Gasteiger partial charge in [-0.3, -0.25) is 9.48 Å². The van der Waals surface area contributed by atoms with Gasteiger partial charge in [-0.25, -0.2) is 13.1 Å². The molecule has 11 heteroatoms. The van der Waals surface area contributed by atoms with E-state index in [4.69, 9.17) is 14.4 Å². The first-order valence-electron chi connectivity index (χ1n) is 12.9. The maximum Gasteiger partial charge on any atom is 0.307 e. The third kappa shape index (κ3) is 6.15. The Bertz CT molecular complexity index is 1450. The van der Waals surface area contributed by atoms with Crippen molar-refractivity contribution in [2.45, 2.75) is 91.2 Å². The van der Waals surface area contributed by atoms with Crippen LogP contribution in [0.5, 0.6) is 0 Å². The average molecular weight is 544 g/mol. The van der Waals surface area contributed by atoms with Crippen LogP contribution in [-0.2, 0) is 38.9 Å². The summed E-state index contributed by atoms with van der Waals surface area (Å²) in [5, 5.41) is 8.96. The van der Waals surface area contributed by atoms with Gasteiger partial charge in [-0.2, -0.15) is 10.1 Å². The zero-order chi connectivity index (χ0) is 27.9. The van der Waals surface area contributed by atoms with Crippen LogP contribution >= 0.6 is 0 Å². The summed E-state index contributed by atoms with van der Waals surface area (Å²) < 4.78 is 40.9. The van der Waals surface area contributed by atoms with Crippen LogP contribution in [-0.4, -0.2) is 46.5 Å². The van der Waals surface area contributed by atoms with Crippen LogP contribution in [0.4, 0.5) is 0 Å². The van der Waals surface area contributed by atoms with Gasteiger partial charge >= 0.3 is 5.97 Å². The summed E-state index contributed by atoms with van der Waals surface area (Å²) in [5.74, 6) is 0.270. The van der Waals surface area contributed by atoms with E-state index in [0.29, 0.717) is 22.8 Å². The highest BCUT2D eigenvalue weighted by molar-refractivity contribution is 7.89. The van der Waals surface area contributed by atoms with E-state index in [2.05, 4.69) is 35.6 Å². The molecule has 1 aliphatic carbocycles. The monoisotopic (exact) mass is 543 g/mol. The molecule has 0 radical (unpaired) electrons. The van der Waals surface area contributed by atoms with Gasteiger partial charge in [0.15, 0.2) is 5.69 Å². The van der Waals surface area contributed by atoms with E-state index in [0.717, 1.165) is 37.1 Å². The van der Waals surface area contributed by atoms with Gasteiger partial charge in [0.2, 0.25) is 15.8 Å². The Kier molecular flexibility index (Phi) is 7.55. The van der Waals surface area contributed by atoms with Crippen LogP contribution in [0, 0.1) is 12.3 Å². The Labute approximate surface area is 224 Å². The van der Waals surface area contributed by atoms with E-state index in [-0.39, 0.29) is 23.3 Å². The van der Waals surface area contributed by atoms with Crippen molar-refractivity contribution in [1.29, 1.82) is 0 Å². The van der Waals surface area contributed by atoms with Crippen LogP contribution in [0.15, 0.2) is 27.6 Å². The molecule has 0 aliphatic heterocycles. The van der Waals surface area contributed by atoms with E-state index < -0.39 is 21.6 Å². The molecule has 0 bridgehead atoms. The number of hydrogen-bond acceptors (Lipinski definition) is 8. The molecule has 2 heterocycles. The maximum absolute atomic E-state index is 12.8. The number of hydrogen-bond donors (Lipinski definition) is 1. The van der Waals surface area contributed by atoms with Gasteiger partial charge in [-0.05, 0) is 83.1 Å². The Morgan fingerprint density at radius 1 is 1.26 bits per heavy atom. The third-order valence-electron chi connectivity index (χ3n) is 6.58. The molecule has 0 fully saturated rings. The lowest BCUT2D eigenvalue weighted by Gasteiger charge is -2.30. The number of carbonyl (C=O) groups is 1. The number of esters is 1. The van der Waals surface area contributed by atoms with Crippen molar-refractivity contribution >= 4 is 16.0 Å². The molecule has 0 spiro atoms. The zero-order valence-corrected chi connectivity index (χ0v) is 24.0. The minimum absolute atomic E-state index is 0.0574. The van der Waals surface area contributed by atoms with Gasteiger partial charge in [0.25, 0.3) is 5.89 Å². The molecule has 1 aromatic carbocycles. The molecule has 0 saturated heterocycles. The van der Waals surface area contributed by atoms with Crippen molar-refractivity contribution in [1.82, 2.24) is 24.6 Å². The number of nitrogens with one attached hydrogen (secondary N) is 1. The Hall–Kier alpha value is -3.05. The van der Waals surface area contributed by atoms with Gasteiger partial charge in [-0.15, -0.1) is 0 Å². The van der Waals surface area contributed by atoms with Crippen molar-refractivity contribution in [2.24, 2.45) is 5.41 Å². The van der Waals surface area contributed by atoms with E-state index in [1.165, 1.54) is 11.8 Å². The minimum Gasteiger partial charge on any atom is -0.460 e. The molecule has 0 atom stereocenters. The molecule has 0 unspecified atom stereocenters. The summed E-state index contributed by atoms with van der Waals surface area (Å²) in [7, 11) is -3.81. The quantitative estimate of drug-likeness (QED) is 0.413. The molecule has 38 heavy (non-hydrogen) atoms. The molecular weight excluding hydrogens is 506 g/mol. The number of benzene rings is 1. The molecule has 0 saturated carbocycles. The number of carbonyl (C=O) groups excluding carboxylic acids is 1. The second-order valence-corrected chi connectivity index (χ2v) is 13.3. The second kappa shape index (κ2) is 10.3. The van der Waals surface area contributed by atoms with Crippen LogP contribution in [0.2, 0.25) is 0 Å². The van der Waals surface area contributed by atoms with Crippen LogP contribution in [0.1, 0.15) is 71.2 Å². The standard InChI is InChI=1S/C27H37N5O5S/c1-8-32-21-16-27(6,7)13-11-20(21)23(30-32)25-29-24(31-37-25)19-10-9-18(15-17(19)2)38(34,35)28-14-12-22(33)36-26(3,4)5/h9-10,15,28H,8,11-14,16H2,1-7H3. The summed E-state index contributed by atoms with van der Waals surface area (Å²) >= 11 is 0. The molecule has 3 aromatic rings. The van der Waals surface area contributed by atoms with E-state index in [1.807, 2.05) is 4.68 Å². The van der Waals surface area contributed by atoms with Gasteiger partial charge in [0, 0.05) is 29.9 Å². The molecule has 4 rings (SSSR count). The van der Waals surface area contributed by atoms with Crippen molar-refractivity contribution in [3.63, 3.8) is 0 Å². The Morgan fingerprint density at radius 2 is 2.00 bits per heavy atom. The Balaban J connectivity index is 1.51. The topological polar surface area (TPSA) is 129 Å². The fourth-order valence-electron chi connectivity index (χ4n) is 4.68. The molecular formula is C27H37N5O5S. The van der Waals surface area contributed by atoms with Crippen molar-refractivity contribution < 1.29 is 22.5 Å². The molecule has 2 aromatic heterocycles. The molecule has 206 valence electrons. The Morgan fingerprint density at radius 3 is 2.66 bits per heavy atom. The summed E-state index contributed by atoms with van der Waals surface area (Å²) in [4.78, 5) is 16.6. The highest BCUT2D eigenvalue weighted by Crippen LogP contribution is 2.39. The summed E-state index contributed by atoms with van der Waals surface area (Å²) in [6.07, 6.45) is 2.85. The van der Waals surface area contributed by atoms with E-state index in [9.17, 15) is 13.2 Å². The van der Waals surface area contributed by atoms with Crippen molar-refractivity contribution in [3.8, 4) is 23.0 Å². The lowest BCUT2D eigenvalue weighted by molar-refractivity contribution is -0.154. The van der Waals surface area contributed by atoms with Crippen LogP contribution in [0.3, 0.4) is 0 Å². The van der Waals surface area contributed by atoms with Crippen molar-refractivity contribution in [2.75, 3.05) is 6.54 Å². The lowest BCUT2D eigenvalue weighted by atomic mass is 9.76. The lowest BCUT2D eigenvalue weighted by Crippen LogP contribution is -2.29. The smallest absolute Gasteiger partial charge is 0.307 e. The maximum atomic E-state index is 12.8.